The number of anilines is 1. The van der Waals surface area contributed by atoms with Gasteiger partial charge in [-0.05, 0) is 31.7 Å². The molecule has 1 unspecified atom stereocenters. The second kappa shape index (κ2) is 5.27. The van der Waals surface area contributed by atoms with E-state index in [1.165, 1.54) is 0 Å². The van der Waals surface area contributed by atoms with E-state index in [1.54, 1.807) is 12.0 Å². The van der Waals surface area contributed by atoms with E-state index < -0.39 is 0 Å². The number of nitrogens with zero attached hydrogens (tertiary/aromatic N) is 1. The minimum absolute atomic E-state index is 0.00167. The maximum Gasteiger partial charge on any atom is 0.414 e. The van der Waals surface area contributed by atoms with E-state index in [1.807, 2.05) is 32.2 Å². The zero-order valence-corrected chi connectivity index (χ0v) is 10.9. The van der Waals surface area contributed by atoms with Crippen molar-refractivity contribution in [3.8, 4) is 5.75 Å². The van der Waals surface area contributed by atoms with E-state index in [0.717, 1.165) is 11.3 Å². The van der Waals surface area contributed by atoms with Crippen LogP contribution in [0.4, 0.5) is 10.5 Å². The van der Waals surface area contributed by atoms with Gasteiger partial charge in [0.05, 0.1) is 18.8 Å². The van der Waals surface area contributed by atoms with Crippen LogP contribution >= 0.6 is 0 Å². The molecule has 0 aromatic heterocycles. The van der Waals surface area contributed by atoms with Crippen molar-refractivity contribution in [2.24, 2.45) is 0 Å². The minimum atomic E-state index is -0.320. The number of benzene rings is 1. The molecule has 1 aliphatic rings. The summed E-state index contributed by atoms with van der Waals surface area (Å²) in [6, 6.07) is 5.76. The van der Waals surface area contributed by atoms with Crippen molar-refractivity contribution >= 4 is 11.8 Å². The molecule has 98 valence electrons. The van der Waals surface area contributed by atoms with E-state index >= 15 is 0 Å². The van der Waals surface area contributed by atoms with Crippen molar-refractivity contribution in [2.45, 2.75) is 13.0 Å². The number of nitrogens with one attached hydrogen (secondary N) is 1. The molecular formula is C13H18N2O3. The highest BCUT2D eigenvalue weighted by Crippen LogP contribution is 2.33. The number of hydrogen-bond donors (Lipinski definition) is 1. The molecule has 0 bridgehead atoms. The molecule has 1 aliphatic heterocycles. The van der Waals surface area contributed by atoms with Crippen LogP contribution in [-0.2, 0) is 4.74 Å². The first-order valence-corrected chi connectivity index (χ1v) is 5.92. The second-order valence-corrected chi connectivity index (χ2v) is 4.33. The highest BCUT2D eigenvalue weighted by Gasteiger charge is 2.35. The van der Waals surface area contributed by atoms with Gasteiger partial charge in [0.15, 0.2) is 0 Å². The normalized spacial score (nSPS) is 18.9. The van der Waals surface area contributed by atoms with Crippen molar-refractivity contribution in [1.82, 2.24) is 5.32 Å². The average Bonchev–Trinajstić information content (AvgIpc) is 2.71. The zero-order chi connectivity index (χ0) is 13.1. The van der Waals surface area contributed by atoms with Gasteiger partial charge in [-0.15, -0.1) is 0 Å². The quantitative estimate of drug-likeness (QED) is 0.881. The molecule has 0 radical (unpaired) electrons. The van der Waals surface area contributed by atoms with E-state index in [0.29, 0.717) is 18.9 Å². The van der Waals surface area contributed by atoms with Crippen LogP contribution in [-0.4, -0.2) is 39.4 Å². The number of aryl methyl sites for hydroxylation is 1. The fourth-order valence-electron chi connectivity index (χ4n) is 2.13. The van der Waals surface area contributed by atoms with Crippen LogP contribution in [0.1, 0.15) is 5.56 Å². The van der Waals surface area contributed by atoms with E-state index in [9.17, 15) is 4.79 Å². The number of likely N-dealkylation sites (N-methyl/N-ethyl adjacent to an activating group) is 1. The zero-order valence-electron chi connectivity index (χ0n) is 10.9. The molecule has 1 heterocycles. The molecular weight excluding hydrogens is 232 g/mol. The van der Waals surface area contributed by atoms with Crippen LogP contribution in [0, 0.1) is 6.92 Å². The summed E-state index contributed by atoms with van der Waals surface area (Å²) in [6.45, 7) is 3.07. The second-order valence-electron chi connectivity index (χ2n) is 4.33. The molecule has 0 saturated carbocycles. The van der Waals surface area contributed by atoms with Crippen molar-refractivity contribution in [3.63, 3.8) is 0 Å². The number of carbonyl (C=O) groups excluding carboxylic acids is 1. The topological polar surface area (TPSA) is 50.8 Å². The molecule has 1 aromatic carbocycles. The molecule has 5 nitrogen and oxygen atoms in total. The summed E-state index contributed by atoms with van der Waals surface area (Å²) in [5.74, 6) is 0.681. The van der Waals surface area contributed by atoms with Gasteiger partial charge in [0.1, 0.15) is 12.4 Å². The molecule has 0 spiro atoms. The molecule has 1 amide bonds. The first-order chi connectivity index (χ1) is 8.67. The van der Waals surface area contributed by atoms with Crippen LogP contribution in [0.25, 0.3) is 0 Å². The predicted octanol–water partition coefficient (Wildman–Crippen LogP) is 1.55. The van der Waals surface area contributed by atoms with Gasteiger partial charge >= 0.3 is 6.09 Å². The van der Waals surface area contributed by atoms with Gasteiger partial charge in [0, 0.05) is 6.54 Å². The maximum absolute atomic E-state index is 11.9. The van der Waals surface area contributed by atoms with Gasteiger partial charge < -0.3 is 14.8 Å². The summed E-state index contributed by atoms with van der Waals surface area (Å²) in [6.07, 6.45) is -0.320. The summed E-state index contributed by atoms with van der Waals surface area (Å²) >= 11 is 0. The van der Waals surface area contributed by atoms with Gasteiger partial charge in [0.2, 0.25) is 0 Å². The summed E-state index contributed by atoms with van der Waals surface area (Å²) in [5, 5.41) is 3.07. The Bertz CT molecular complexity index is 448. The van der Waals surface area contributed by atoms with Gasteiger partial charge in [-0.1, -0.05) is 6.07 Å². The largest absolute Gasteiger partial charge is 0.495 e. The van der Waals surface area contributed by atoms with E-state index in [-0.39, 0.29) is 12.1 Å². The predicted molar refractivity (Wildman–Crippen MR) is 69.3 cm³/mol. The van der Waals surface area contributed by atoms with Crippen molar-refractivity contribution in [3.05, 3.63) is 23.8 Å². The smallest absolute Gasteiger partial charge is 0.414 e. The first kappa shape index (κ1) is 12.7. The van der Waals surface area contributed by atoms with Gasteiger partial charge in [-0.3, -0.25) is 4.90 Å². The lowest BCUT2D eigenvalue weighted by Gasteiger charge is -2.23. The molecule has 2 rings (SSSR count). The molecule has 1 fully saturated rings. The minimum Gasteiger partial charge on any atom is -0.495 e. The van der Waals surface area contributed by atoms with Crippen molar-refractivity contribution < 1.29 is 14.3 Å². The number of hydrogen-bond acceptors (Lipinski definition) is 4. The number of ether oxygens (including phenoxy) is 2. The van der Waals surface area contributed by atoms with Gasteiger partial charge in [-0.2, -0.15) is 0 Å². The Labute approximate surface area is 107 Å². The summed E-state index contributed by atoms with van der Waals surface area (Å²) < 4.78 is 10.4. The molecule has 1 saturated heterocycles. The lowest BCUT2D eigenvalue weighted by molar-refractivity contribution is 0.178. The molecule has 18 heavy (non-hydrogen) atoms. The number of carbonyl (C=O) groups is 1. The fraction of sp³-hybridized carbons (Fsp3) is 0.462. The number of amides is 1. The molecule has 1 N–H and O–H groups in total. The maximum atomic E-state index is 11.9. The summed E-state index contributed by atoms with van der Waals surface area (Å²) in [5.41, 5.74) is 1.84. The molecule has 0 aliphatic carbocycles. The number of cyclic esters (lactones) is 1. The van der Waals surface area contributed by atoms with Crippen LogP contribution in [0.2, 0.25) is 0 Å². The number of methoxy groups -OCH3 is 1. The van der Waals surface area contributed by atoms with Gasteiger partial charge in [0.25, 0.3) is 0 Å². The van der Waals surface area contributed by atoms with Crippen LogP contribution in [0.5, 0.6) is 5.75 Å². The average molecular weight is 250 g/mol. The highest BCUT2D eigenvalue weighted by atomic mass is 16.6. The van der Waals surface area contributed by atoms with E-state index in [4.69, 9.17) is 9.47 Å². The standard InChI is InChI=1S/C13H18N2O3/c1-9-4-5-12(17-3)11(6-9)15-10(7-14-2)8-18-13(15)16/h4-6,10,14H,7-8H2,1-3H3. The molecule has 1 atom stereocenters. The summed E-state index contributed by atoms with van der Waals surface area (Å²) in [4.78, 5) is 13.5. The van der Waals surface area contributed by atoms with Gasteiger partial charge in [-0.25, -0.2) is 4.79 Å². The van der Waals surface area contributed by atoms with Crippen LogP contribution < -0.4 is 15.0 Å². The molecule has 5 heteroatoms. The van der Waals surface area contributed by atoms with E-state index in [2.05, 4.69) is 5.32 Å². The Kier molecular flexibility index (Phi) is 3.72. The Morgan fingerprint density at radius 1 is 1.56 bits per heavy atom. The SMILES string of the molecule is CNCC1COC(=O)N1c1cc(C)ccc1OC. The first-order valence-electron chi connectivity index (χ1n) is 5.92. The summed E-state index contributed by atoms with van der Waals surface area (Å²) in [7, 11) is 3.46. The van der Waals surface area contributed by atoms with Crippen molar-refractivity contribution in [1.29, 1.82) is 0 Å². The Morgan fingerprint density at radius 2 is 2.33 bits per heavy atom. The lowest BCUT2D eigenvalue weighted by atomic mass is 10.1. The number of rotatable bonds is 4. The Hall–Kier alpha value is -1.75. The van der Waals surface area contributed by atoms with Crippen LogP contribution in [0.3, 0.4) is 0 Å². The lowest BCUT2D eigenvalue weighted by Crippen LogP contribution is -2.40. The Balaban J connectivity index is 2.38. The monoisotopic (exact) mass is 250 g/mol. The third-order valence-electron chi connectivity index (χ3n) is 2.99. The fourth-order valence-corrected chi connectivity index (χ4v) is 2.13. The Morgan fingerprint density at radius 3 is 3.00 bits per heavy atom. The van der Waals surface area contributed by atoms with Crippen molar-refractivity contribution in [2.75, 3.05) is 32.2 Å². The third-order valence-corrected chi connectivity index (χ3v) is 2.99. The van der Waals surface area contributed by atoms with Crippen LogP contribution in [0.15, 0.2) is 18.2 Å². The highest BCUT2D eigenvalue weighted by molar-refractivity contribution is 5.92. The molecule has 1 aromatic rings. The third kappa shape index (κ3) is 2.26.